The highest BCUT2D eigenvalue weighted by molar-refractivity contribution is 7.80. The molecule has 0 saturated carbocycles. The number of hydrazone groups is 1. The van der Waals surface area contributed by atoms with Crippen LogP contribution in [-0.4, -0.2) is 11.3 Å². The lowest BCUT2D eigenvalue weighted by atomic mass is 10.3. The fraction of sp³-hybridized carbons (Fsp3) is 0.0769. The van der Waals surface area contributed by atoms with Crippen molar-refractivity contribution in [1.82, 2.24) is 5.43 Å². The van der Waals surface area contributed by atoms with Gasteiger partial charge in [-0.05, 0) is 48.3 Å². The topological polar surface area (TPSA) is 36.4 Å². The first-order valence-corrected chi connectivity index (χ1v) is 6.84. The predicted octanol–water partition coefficient (Wildman–Crippen LogP) is 3.52. The summed E-state index contributed by atoms with van der Waals surface area (Å²) >= 11 is 6.62. The van der Waals surface area contributed by atoms with E-state index >= 15 is 0 Å². The third-order valence-electron chi connectivity index (χ3n) is 2.37. The highest BCUT2D eigenvalue weighted by Crippen LogP contribution is 2.13. The number of hydrogen-bond acceptors (Lipinski definition) is 3. The summed E-state index contributed by atoms with van der Waals surface area (Å²) in [5, 5.41) is 8.99. The lowest BCUT2D eigenvalue weighted by Crippen LogP contribution is -2.24. The molecule has 0 unspecified atom stereocenters. The van der Waals surface area contributed by atoms with Crippen molar-refractivity contribution < 1.29 is 4.39 Å². The van der Waals surface area contributed by atoms with Gasteiger partial charge in [-0.3, -0.25) is 5.43 Å². The number of anilines is 1. The van der Waals surface area contributed by atoms with Crippen molar-refractivity contribution >= 4 is 40.6 Å². The van der Waals surface area contributed by atoms with Gasteiger partial charge in [-0.25, -0.2) is 4.39 Å². The Hall–Kier alpha value is -1.79. The molecular formula is C13H12FN3S2. The van der Waals surface area contributed by atoms with Gasteiger partial charge in [-0.1, -0.05) is 12.1 Å². The van der Waals surface area contributed by atoms with Crippen molar-refractivity contribution in [1.29, 1.82) is 0 Å². The average molecular weight is 293 g/mol. The normalized spacial score (nSPS) is 10.6. The molecule has 2 aromatic rings. The Balaban J connectivity index is 1.91. The molecule has 0 saturated heterocycles. The highest BCUT2D eigenvalue weighted by Gasteiger charge is 2.01. The van der Waals surface area contributed by atoms with Gasteiger partial charge in [-0.2, -0.15) is 5.10 Å². The van der Waals surface area contributed by atoms with Crippen LogP contribution in [0.3, 0.4) is 0 Å². The fourth-order valence-electron chi connectivity index (χ4n) is 1.38. The summed E-state index contributed by atoms with van der Waals surface area (Å²) < 4.78 is 13.4. The Labute approximate surface area is 120 Å². The first kappa shape index (κ1) is 13.6. The first-order chi connectivity index (χ1) is 9.16. The maximum Gasteiger partial charge on any atom is 0.191 e. The Bertz CT molecular complexity index is 607. The Kier molecular flexibility index (Phi) is 4.59. The zero-order valence-electron chi connectivity index (χ0n) is 10.2. The van der Waals surface area contributed by atoms with Gasteiger partial charge < -0.3 is 5.32 Å². The minimum atomic E-state index is -0.357. The number of benzene rings is 1. The van der Waals surface area contributed by atoms with Crippen molar-refractivity contribution in [2.75, 3.05) is 5.32 Å². The van der Waals surface area contributed by atoms with Crippen molar-refractivity contribution in [2.45, 2.75) is 6.92 Å². The quantitative estimate of drug-likeness (QED) is 0.516. The standard InChI is InChI=1S/C13H12FN3S2/c1-9-6-7-19-12(9)8-15-17-13(18)16-11-5-3-2-4-10(11)14/h2-8H,1H3,(H2,16,17,18)/b15-8-. The van der Waals surface area contributed by atoms with E-state index < -0.39 is 0 Å². The summed E-state index contributed by atoms with van der Waals surface area (Å²) in [6, 6.07) is 8.34. The van der Waals surface area contributed by atoms with Crippen molar-refractivity contribution in [3.63, 3.8) is 0 Å². The van der Waals surface area contributed by atoms with Crippen LogP contribution in [0.2, 0.25) is 0 Å². The summed E-state index contributed by atoms with van der Waals surface area (Å²) in [6.45, 7) is 2.01. The third-order valence-corrected chi connectivity index (χ3v) is 3.52. The molecule has 0 aliphatic rings. The van der Waals surface area contributed by atoms with Gasteiger partial charge in [0.1, 0.15) is 5.82 Å². The van der Waals surface area contributed by atoms with E-state index in [2.05, 4.69) is 15.8 Å². The number of aryl methyl sites for hydroxylation is 1. The molecule has 3 nitrogen and oxygen atoms in total. The zero-order valence-corrected chi connectivity index (χ0v) is 11.8. The van der Waals surface area contributed by atoms with Gasteiger partial charge in [0.2, 0.25) is 0 Å². The Morgan fingerprint density at radius 3 is 2.84 bits per heavy atom. The molecule has 0 atom stereocenters. The molecule has 6 heteroatoms. The molecule has 0 amide bonds. The zero-order chi connectivity index (χ0) is 13.7. The van der Waals surface area contributed by atoms with Crippen LogP contribution in [0.25, 0.3) is 0 Å². The molecule has 0 fully saturated rings. The molecule has 0 radical (unpaired) electrons. The molecule has 0 bridgehead atoms. The molecule has 1 heterocycles. The maximum atomic E-state index is 13.4. The molecule has 1 aromatic heterocycles. The highest BCUT2D eigenvalue weighted by atomic mass is 32.1. The first-order valence-electron chi connectivity index (χ1n) is 5.55. The van der Waals surface area contributed by atoms with E-state index in [9.17, 15) is 4.39 Å². The van der Waals surface area contributed by atoms with Crippen LogP contribution in [0.4, 0.5) is 10.1 Å². The summed E-state index contributed by atoms with van der Waals surface area (Å²) in [5.74, 6) is -0.357. The van der Waals surface area contributed by atoms with Crippen LogP contribution in [0.15, 0.2) is 40.8 Å². The van der Waals surface area contributed by atoms with Crippen LogP contribution in [-0.2, 0) is 0 Å². The molecule has 0 aliphatic heterocycles. The van der Waals surface area contributed by atoms with Gasteiger partial charge >= 0.3 is 0 Å². The van der Waals surface area contributed by atoms with Crippen LogP contribution >= 0.6 is 23.6 Å². The van der Waals surface area contributed by atoms with Crippen molar-refractivity contribution in [3.05, 3.63) is 52.0 Å². The van der Waals surface area contributed by atoms with E-state index in [-0.39, 0.29) is 10.9 Å². The van der Waals surface area contributed by atoms with E-state index in [4.69, 9.17) is 12.2 Å². The predicted molar refractivity (Wildman–Crippen MR) is 82.4 cm³/mol. The monoisotopic (exact) mass is 293 g/mol. The second-order valence-corrected chi connectivity index (χ2v) is 5.13. The van der Waals surface area contributed by atoms with Crippen LogP contribution in [0, 0.1) is 12.7 Å². The van der Waals surface area contributed by atoms with Crippen LogP contribution < -0.4 is 10.7 Å². The molecule has 2 N–H and O–H groups in total. The van der Waals surface area contributed by atoms with E-state index in [0.29, 0.717) is 5.69 Å². The summed E-state index contributed by atoms with van der Waals surface area (Å²) in [4.78, 5) is 1.06. The van der Waals surface area contributed by atoms with Crippen molar-refractivity contribution in [2.24, 2.45) is 5.10 Å². The number of hydrogen-bond donors (Lipinski definition) is 2. The summed E-state index contributed by atoms with van der Waals surface area (Å²) in [5.41, 5.74) is 4.13. The molecule has 0 spiro atoms. The lowest BCUT2D eigenvalue weighted by molar-refractivity contribution is 0.632. The van der Waals surface area contributed by atoms with Gasteiger partial charge in [0.05, 0.1) is 11.9 Å². The largest absolute Gasteiger partial charge is 0.329 e. The molecule has 1 aromatic carbocycles. The van der Waals surface area contributed by atoms with E-state index in [1.807, 2.05) is 18.4 Å². The molecule has 2 rings (SSSR count). The van der Waals surface area contributed by atoms with Gasteiger partial charge in [0.15, 0.2) is 5.11 Å². The smallest absolute Gasteiger partial charge is 0.191 e. The number of nitrogens with zero attached hydrogens (tertiary/aromatic N) is 1. The van der Waals surface area contributed by atoms with Gasteiger partial charge in [0, 0.05) is 4.88 Å². The lowest BCUT2D eigenvalue weighted by Gasteiger charge is -2.07. The fourth-order valence-corrected chi connectivity index (χ4v) is 2.33. The van der Waals surface area contributed by atoms with Crippen molar-refractivity contribution in [3.8, 4) is 0 Å². The van der Waals surface area contributed by atoms with E-state index in [1.54, 1.807) is 35.8 Å². The maximum absolute atomic E-state index is 13.4. The minimum absolute atomic E-state index is 0.246. The molecule has 0 aliphatic carbocycles. The number of nitrogens with one attached hydrogen (secondary N) is 2. The number of thiophene rings is 1. The van der Waals surface area contributed by atoms with Crippen LogP contribution in [0.1, 0.15) is 10.4 Å². The van der Waals surface area contributed by atoms with Crippen LogP contribution in [0.5, 0.6) is 0 Å². The summed E-state index contributed by atoms with van der Waals surface area (Å²) in [7, 11) is 0. The third kappa shape index (κ3) is 3.84. The van der Waals surface area contributed by atoms with E-state index in [0.717, 1.165) is 10.4 Å². The average Bonchev–Trinajstić information content (AvgIpc) is 2.78. The Morgan fingerprint density at radius 1 is 1.37 bits per heavy atom. The number of halogens is 1. The van der Waals surface area contributed by atoms with E-state index in [1.165, 1.54) is 6.07 Å². The second-order valence-electron chi connectivity index (χ2n) is 3.77. The van der Waals surface area contributed by atoms with Gasteiger partial charge in [0.25, 0.3) is 0 Å². The second kappa shape index (κ2) is 6.40. The molecule has 98 valence electrons. The molecule has 19 heavy (non-hydrogen) atoms. The number of para-hydroxylation sites is 1. The SMILES string of the molecule is Cc1ccsc1/C=N\NC(=S)Nc1ccccc1F. The van der Waals surface area contributed by atoms with Gasteiger partial charge in [-0.15, -0.1) is 11.3 Å². The Morgan fingerprint density at radius 2 is 2.16 bits per heavy atom. The minimum Gasteiger partial charge on any atom is -0.329 e. The number of thiocarbonyl (C=S) groups is 1. The number of rotatable bonds is 3. The summed E-state index contributed by atoms with van der Waals surface area (Å²) in [6.07, 6.45) is 1.69. The molecular weight excluding hydrogens is 281 g/mol.